The maximum atomic E-state index is 11.5. The summed E-state index contributed by atoms with van der Waals surface area (Å²) >= 11 is 0. The third-order valence-electron chi connectivity index (χ3n) is 3.78. The standard InChI is InChI=1S/C14H18O3/c15-12-7-3-2-6-11(12)10-14(13(16)17)8-4-1-5-9-14/h2-3,6-7,15H,1,4-5,8-10H2,(H,16,17). The van der Waals surface area contributed by atoms with E-state index in [0.29, 0.717) is 6.42 Å². The van der Waals surface area contributed by atoms with E-state index < -0.39 is 11.4 Å². The Labute approximate surface area is 101 Å². The summed E-state index contributed by atoms with van der Waals surface area (Å²) in [4.78, 5) is 11.5. The molecule has 1 aliphatic carbocycles. The zero-order valence-corrected chi connectivity index (χ0v) is 9.85. The first kappa shape index (κ1) is 12.0. The van der Waals surface area contributed by atoms with Crippen LogP contribution >= 0.6 is 0 Å². The van der Waals surface area contributed by atoms with E-state index in [1.54, 1.807) is 12.1 Å². The van der Waals surface area contributed by atoms with E-state index in [1.165, 1.54) is 0 Å². The molecule has 1 aliphatic rings. The Bertz CT molecular complexity index is 406. The Morgan fingerprint density at radius 1 is 1.18 bits per heavy atom. The minimum Gasteiger partial charge on any atom is -0.508 e. The number of aliphatic carboxylic acids is 1. The summed E-state index contributed by atoms with van der Waals surface area (Å²) in [5, 5.41) is 19.2. The van der Waals surface area contributed by atoms with Gasteiger partial charge in [-0.1, -0.05) is 37.5 Å². The molecular formula is C14H18O3. The van der Waals surface area contributed by atoms with E-state index in [9.17, 15) is 15.0 Å². The zero-order chi connectivity index (χ0) is 12.3. The molecule has 17 heavy (non-hydrogen) atoms. The van der Waals surface area contributed by atoms with Crippen molar-refractivity contribution in [1.82, 2.24) is 0 Å². The molecular weight excluding hydrogens is 216 g/mol. The quantitative estimate of drug-likeness (QED) is 0.845. The van der Waals surface area contributed by atoms with Crippen LogP contribution in [0, 0.1) is 5.41 Å². The third kappa shape index (κ3) is 2.43. The molecule has 1 saturated carbocycles. The smallest absolute Gasteiger partial charge is 0.309 e. The van der Waals surface area contributed by atoms with Crippen molar-refractivity contribution in [3.05, 3.63) is 29.8 Å². The Kier molecular flexibility index (Phi) is 3.36. The van der Waals surface area contributed by atoms with Gasteiger partial charge in [0.05, 0.1) is 5.41 Å². The van der Waals surface area contributed by atoms with Gasteiger partial charge < -0.3 is 10.2 Å². The van der Waals surface area contributed by atoms with Crippen molar-refractivity contribution in [2.45, 2.75) is 38.5 Å². The van der Waals surface area contributed by atoms with Crippen LogP contribution in [0.15, 0.2) is 24.3 Å². The number of carboxylic acids is 1. The highest BCUT2D eigenvalue weighted by Crippen LogP contribution is 2.40. The minimum absolute atomic E-state index is 0.207. The second-order valence-corrected chi connectivity index (χ2v) is 4.95. The SMILES string of the molecule is O=C(O)C1(Cc2ccccc2O)CCCCC1. The largest absolute Gasteiger partial charge is 0.508 e. The molecule has 0 amide bonds. The first-order valence-corrected chi connectivity index (χ1v) is 6.14. The second kappa shape index (κ2) is 4.78. The van der Waals surface area contributed by atoms with Gasteiger partial charge >= 0.3 is 5.97 Å². The van der Waals surface area contributed by atoms with Crippen molar-refractivity contribution < 1.29 is 15.0 Å². The lowest BCUT2D eigenvalue weighted by Gasteiger charge is -2.33. The number of phenols is 1. The van der Waals surface area contributed by atoms with Crippen LogP contribution in [0.4, 0.5) is 0 Å². The van der Waals surface area contributed by atoms with Crippen molar-refractivity contribution in [2.75, 3.05) is 0 Å². The molecule has 0 aliphatic heterocycles. The first-order chi connectivity index (χ1) is 8.14. The summed E-state index contributed by atoms with van der Waals surface area (Å²) in [6.45, 7) is 0. The van der Waals surface area contributed by atoms with E-state index in [0.717, 1.165) is 37.7 Å². The van der Waals surface area contributed by atoms with Crippen LogP contribution in [-0.2, 0) is 11.2 Å². The molecule has 2 rings (SSSR count). The molecule has 1 aromatic carbocycles. The monoisotopic (exact) mass is 234 g/mol. The number of benzene rings is 1. The van der Waals surface area contributed by atoms with Crippen molar-refractivity contribution in [1.29, 1.82) is 0 Å². The molecule has 0 bridgehead atoms. The highest BCUT2D eigenvalue weighted by molar-refractivity contribution is 5.75. The summed E-state index contributed by atoms with van der Waals surface area (Å²) in [6.07, 6.45) is 4.94. The maximum Gasteiger partial charge on any atom is 0.309 e. The first-order valence-electron chi connectivity index (χ1n) is 6.14. The Balaban J connectivity index is 2.24. The van der Waals surface area contributed by atoms with Crippen molar-refractivity contribution in [3.8, 4) is 5.75 Å². The Morgan fingerprint density at radius 2 is 1.82 bits per heavy atom. The number of hydrogen-bond donors (Lipinski definition) is 2. The highest BCUT2D eigenvalue weighted by atomic mass is 16.4. The number of carboxylic acid groups (broad SMARTS) is 1. The maximum absolute atomic E-state index is 11.5. The number of phenolic OH excluding ortho intramolecular Hbond substituents is 1. The van der Waals surface area contributed by atoms with Crippen molar-refractivity contribution >= 4 is 5.97 Å². The van der Waals surface area contributed by atoms with E-state index in [1.807, 2.05) is 12.1 Å². The predicted molar refractivity (Wildman–Crippen MR) is 65.0 cm³/mol. The number of para-hydroxylation sites is 1. The summed E-state index contributed by atoms with van der Waals surface area (Å²) in [5.41, 5.74) is 0.0775. The number of hydrogen-bond acceptors (Lipinski definition) is 2. The zero-order valence-electron chi connectivity index (χ0n) is 9.85. The van der Waals surface area contributed by atoms with Gasteiger partial charge in [0, 0.05) is 0 Å². The van der Waals surface area contributed by atoms with Crippen LogP contribution in [0.3, 0.4) is 0 Å². The van der Waals surface area contributed by atoms with Crippen LogP contribution in [0.1, 0.15) is 37.7 Å². The van der Waals surface area contributed by atoms with E-state index in [2.05, 4.69) is 0 Å². The fourth-order valence-electron chi connectivity index (χ4n) is 2.72. The summed E-state index contributed by atoms with van der Waals surface area (Å²) < 4.78 is 0. The second-order valence-electron chi connectivity index (χ2n) is 4.95. The van der Waals surface area contributed by atoms with Gasteiger partial charge in [-0.05, 0) is 30.9 Å². The molecule has 0 spiro atoms. The number of carbonyl (C=O) groups is 1. The third-order valence-corrected chi connectivity index (χ3v) is 3.78. The lowest BCUT2D eigenvalue weighted by molar-refractivity contribution is -0.151. The van der Waals surface area contributed by atoms with Crippen molar-refractivity contribution in [3.63, 3.8) is 0 Å². The fourth-order valence-corrected chi connectivity index (χ4v) is 2.72. The molecule has 0 unspecified atom stereocenters. The molecule has 0 aromatic heterocycles. The molecule has 92 valence electrons. The van der Waals surface area contributed by atoms with Gasteiger partial charge in [-0.25, -0.2) is 0 Å². The van der Waals surface area contributed by atoms with Crippen LogP contribution in [-0.4, -0.2) is 16.2 Å². The van der Waals surface area contributed by atoms with Gasteiger partial charge in [-0.2, -0.15) is 0 Å². The molecule has 0 radical (unpaired) electrons. The van der Waals surface area contributed by atoms with Gasteiger partial charge in [0.1, 0.15) is 5.75 Å². The topological polar surface area (TPSA) is 57.5 Å². The van der Waals surface area contributed by atoms with E-state index >= 15 is 0 Å². The fraction of sp³-hybridized carbons (Fsp3) is 0.500. The summed E-state index contributed by atoms with van der Waals surface area (Å²) in [5.74, 6) is -0.515. The number of rotatable bonds is 3. The Morgan fingerprint density at radius 3 is 2.41 bits per heavy atom. The molecule has 1 aromatic rings. The normalized spacial score (nSPS) is 18.8. The Hall–Kier alpha value is -1.51. The number of aromatic hydroxyl groups is 1. The molecule has 0 atom stereocenters. The van der Waals surface area contributed by atoms with Crippen LogP contribution < -0.4 is 0 Å². The minimum atomic E-state index is -0.722. The molecule has 3 heteroatoms. The average molecular weight is 234 g/mol. The van der Waals surface area contributed by atoms with Gasteiger partial charge in [0.15, 0.2) is 0 Å². The summed E-state index contributed by atoms with van der Waals surface area (Å²) in [6, 6.07) is 7.03. The highest BCUT2D eigenvalue weighted by Gasteiger charge is 2.39. The lowest BCUT2D eigenvalue weighted by atomic mass is 9.70. The molecule has 3 nitrogen and oxygen atoms in total. The van der Waals surface area contributed by atoms with E-state index in [-0.39, 0.29) is 5.75 Å². The van der Waals surface area contributed by atoms with Crippen LogP contribution in [0.5, 0.6) is 5.75 Å². The summed E-state index contributed by atoms with van der Waals surface area (Å²) in [7, 11) is 0. The molecule has 2 N–H and O–H groups in total. The predicted octanol–water partition coefficient (Wildman–Crippen LogP) is 2.97. The van der Waals surface area contributed by atoms with Crippen LogP contribution in [0.2, 0.25) is 0 Å². The molecule has 1 fully saturated rings. The van der Waals surface area contributed by atoms with Gasteiger partial charge in [-0.3, -0.25) is 4.79 Å². The van der Waals surface area contributed by atoms with Crippen molar-refractivity contribution in [2.24, 2.45) is 5.41 Å². The van der Waals surface area contributed by atoms with Gasteiger partial charge in [0.25, 0.3) is 0 Å². The lowest BCUT2D eigenvalue weighted by Crippen LogP contribution is -2.35. The van der Waals surface area contributed by atoms with Crippen LogP contribution in [0.25, 0.3) is 0 Å². The van der Waals surface area contributed by atoms with E-state index in [4.69, 9.17) is 0 Å². The molecule has 0 heterocycles. The average Bonchev–Trinajstić information content (AvgIpc) is 2.33. The van der Waals surface area contributed by atoms with Gasteiger partial charge in [-0.15, -0.1) is 0 Å². The molecule has 0 saturated heterocycles. The van der Waals surface area contributed by atoms with Gasteiger partial charge in [0.2, 0.25) is 0 Å².